The summed E-state index contributed by atoms with van der Waals surface area (Å²) < 4.78 is 6.38. The normalized spacial score (nSPS) is 10.8. The second kappa shape index (κ2) is 8.79. The molecule has 0 saturated carbocycles. The van der Waals surface area contributed by atoms with Crippen LogP contribution in [0.15, 0.2) is 72.8 Å². The molecule has 4 aromatic carbocycles. The molecule has 0 aliphatic carbocycles. The Morgan fingerprint density at radius 2 is 1.15 bits per heavy atom. The van der Waals surface area contributed by atoms with Crippen molar-refractivity contribution < 1.29 is 20.1 Å². The minimum atomic E-state index is 0.174. The highest BCUT2D eigenvalue weighted by molar-refractivity contribution is 5.81. The molecule has 4 rings (SSSR count). The number of para-hydroxylation sites is 2. The van der Waals surface area contributed by atoms with Gasteiger partial charge in [-0.3, -0.25) is 0 Å². The van der Waals surface area contributed by atoms with E-state index < -0.39 is 0 Å². The van der Waals surface area contributed by atoms with Crippen LogP contribution in [-0.4, -0.2) is 15.3 Å². The van der Waals surface area contributed by atoms with Crippen LogP contribution in [-0.2, 0) is 0 Å². The third-order valence-electron chi connectivity index (χ3n) is 5.77. The van der Waals surface area contributed by atoms with Crippen LogP contribution in [0, 0.1) is 27.7 Å². The van der Waals surface area contributed by atoms with Gasteiger partial charge in [-0.25, -0.2) is 0 Å². The molecule has 0 amide bonds. The average molecular weight is 442 g/mol. The van der Waals surface area contributed by atoms with E-state index in [9.17, 15) is 15.3 Å². The van der Waals surface area contributed by atoms with E-state index >= 15 is 0 Å². The SMILES string of the molecule is Cc1cc(N(c2ccc(O)c(C)c2)c2ccccc2Oc2c(C)ccc(O)c2C)ccc1O. The lowest BCUT2D eigenvalue weighted by molar-refractivity contribution is 0.446. The van der Waals surface area contributed by atoms with Crippen molar-refractivity contribution in [2.75, 3.05) is 4.90 Å². The highest BCUT2D eigenvalue weighted by atomic mass is 16.5. The summed E-state index contributed by atoms with van der Waals surface area (Å²) in [6.45, 7) is 7.46. The smallest absolute Gasteiger partial charge is 0.151 e. The van der Waals surface area contributed by atoms with Crippen LogP contribution in [0.4, 0.5) is 17.1 Å². The van der Waals surface area contributed by atoms with E-state index in [0.717, 1.165) is 33.8 Å². The zero-order valence-corrected chi connectivity index (χ0v) is 19.1. The Labute approximate surface area is 193 Å². The van der Waals surface area contributed by atoms with Gasteiger partial charge in [0.25, 0.3) is 0 Å². The average Bonchev–Trinajstić information content (AvgIpc) is 2.80. The Balaban J connectivity index is 1.91. The Kier molecular flexibility index (Phi) is 5.88. The number of aryl methyl sites for hydroxylation is 3. The van der Waals surface area contributed by atoms with Crippen molar-refractivity contribution in [1.29, 1.82) is 0 Å². The van der Waals surface area contributed by atoms with Crippen LogP contribution in [0.1, 0.15) is 22.3 Å². The molecule has 0 saturated heterocycles. The summed E-state index contributed by atoms with van der Waals surface area (Å²) in [7, 11) is 0. The Hall–Kier alpha value is -4.12. The molecule has 5 heteroatoms. The minimum absolute atomic E-state index is 0.174. The number of hydrogen-bond acceptors (Lipinski definition) is 5. The Bertz CT molecular complexity index is 1280. The van der Waals surface area contributed by atoms with E-state index in [1.807, 2.05) is 87.2 Å². The summed E-state index contributed by atoms with van der Waals surface area (Å²) >= 11 is 0. The van der Waals surface area contributed by atoms with Gasteiger partial charge in [-0.05, 0) is 99.0 Å². The van der Waals surface area contributed by atoms with Crippen molar-refractivity contribution in [2.24, 2.45) is 0 Å². The van der Waals surface area contributed by atoms with E-state index in [1.54, 1.807) is 18.2 Å². The van der Waals surface area contributed by atoms with Gasteiger partial charge in [-0.15, -0.1) is 0 Å². The highest BCUT2D eigenvalue weighted by Crippen LogP contribution is 2.44. The molecule has 0 heterocycles. The van der Waals surface area contributed by atoms with Crippen molar-refractivity contribution in [2.45, 2.75) is 27.7 Å². The lowest BCUT2D eigenvalue weighted by Crippen LogP contribution is -2.11. The fraction of sp³-hybridized carbons (Fsp3) is 0.143. The molecule has 0 aromatic heterocycles. The fourth-order valence-electron chi connectivity index (χ4n) is 3.80. The van der Waals surface area contributed by atoms with E-state index in [0.29, 0.717) is 17.1 Å². The highest BCUT2D eigenvalue weighted by Gasteiger charge is 2.20. The zero-order chi connectivity index (χ0) is 23.7. The molecule has 33 heavy (non-hydrogen) atoms. The number of phenolic OH excluding ortho intramolecular Hbond substituents is 3. The number of aromatic hydroxyl groups is 3. The summed E-state index contributed by atoms with van der Waals surface area (Å²) in [6, 6.07) is 22.0. The topological polar surface area (TPSA) is 73.2 Å². The molecule has 0 fully saturated rings. The van der Waals surface area contributed by atoms with Crippen LogP contribution >= 0.6 is 0 Å². The Morgan fingerprint density at radius 1 is 0.606 bits per heavy atom. The molecule has 0 atom stereocenters. The number of phenols is 3. The molecule has 4 aromatic rings. The molecule has 0 unspecified atom stereocenters. The second-order valence-corrected chi connectivity index (χ2v) is 8.20. The van der Waals surface area contributed by atoms with Crippen LogP contribution in [0.5, 0.6) is 28.7 Å². The maximum Gasteiger partial charge on any atom is 0.151 e. The minimum Gasteiger partial charge on any atom is -0.508 e. The van der Waals surface area contributed by atoms with Gasteiger partial charge >= 0.3 is 0 Å². The lowest BCUT2D eigenvalue weighted by Gasteiger charge is -2.28. The third kappa shape index (κ3) is 4.30. The monoisotopic (exact) mass is 441 g/mol. The fourth-order valence-corrected chi connectivity index (χ4v) is 3.80. The van der Waals surface area contributed by atoms with Gasteiger partial charge in [-0.2, -0.15) is 0 Å². The maximum atomic E-state index is 10.2. The van der Waals surface area contributed by atoms with Gasteiger partial charge < -0.3 is 25.0 Å². The van der Waals surface area contributed by atoms with Crippen LogP contribution in [0.25, 0.3) is 0 Å². The van der Waals surface area contributed by atoms with Gasteiger partial charge in [0.1, 0.15) is 23.0 Å². The molecule has 0 spiro atoms. The number of nitrogens with zero attached hydrogens (tertiary/aromatic N) is 1. The van der Waals surface area contributed by atoms with Crippen molar-refractivity contribution >= 4 is 17.1 Å². The van der Waals surface area contributed by atoms with E-state index in [1.165, 1.54) is 0 Å². The molecule has 3 N–H and O–H groups in total. The molecular formula is C28H27NO4. The van der Waals surface area contributed by atoms with Crippen molar-refractivity contribution in [3.63, 3.8) is 0 Å². The van der Waals surface area contributed by atoms with Crippen LogP contribution in [0.3, 0.4) is 0 Å². The molecule has 5 nitrogen and oxygen atoms in total. The van der Waals surface area contributed by atoms with Crippen LogP contribution < -0.4 is 9.64 Å². The number of hydrogen-bond donors (Lipinski definition) is 3. The summed E-state index contributed by atoms with van der Waals surface area (Å²) in [6.07, 6.45) is 0. The van der Waals surface area contributed by atoms with E-state index in [-0.39, 0.29) is 17.2 Å². The third-order valence-corrected chi connectivity index (χ3v) is 5.77. The molecule has 0 radical (unpaired) electrons. The lowest BCUT2D eigenvalue weighted by atomic mass is 10.1. The van der Waals surface area contributed by atoms with Gasteiger partial charge in [0.2, 0.25) is 0 Å². The molecule has 168 valence electrons. The van der Waals surface area contributed by atoms with Gasteiger partial charge in [0.15, 0.2) is 5.75 Å². The molecular weight excluding hydrogens is 414 g/mol. The number of rotatable bonds is 5. The van der Waals surface area contributed by atoms with Crippen molar-refractivity contribution in [1.82, 2.24) is 0 Å². The number of ether oxygens (including phenoxy) is 1. The summed E-state index contributed by atoms with van der Waals surface area (Å²) in [5, 5.41) is 30.4. The second-order valence-electron chi connectivity index (χ2n) is 8.20. The maximum absolute atomic E-state index is 10.2. The first-order chi connectivity index (χ1) is 15.8. The predicted molar refractivity (Wildman–Crippen MR) is 132 cm³/mol. The quantitative estimate of drug-likeness (QED) is 0.303. The molecule has 0 aliphatic rings. The summed E-state index contributed by atoms with van der Waals surface area (Å²) in [5.74, 6) is 1.82. The number of anilines is 3. The summed E-state index contributed by atoms with van der Waals surface area (Å²) in [4.78, 5) is 2.02. The number of benzene rings is 4. The van der Waals surface area contributed by atoms with E-state index in [2.05, 4.69) is 0 Å². The first-order valence-corrected chi connectivity index (χ1v) is 10.7. The largest absolute Gasteiger partial charge is 0.508 e. The first-order valence-electron chi connectivity index (χ1n) is 10.7. The van der Waals surface area contributed by atoms with Crippen molar-refractivity contribution in [3.8, 4) is 28.7 Å². The summed E-state index contributed by atoms with van der Waals surface area (Å²) in [5.41, 5.74) is 5.49. The van der Waals surface area contributed by atoms with Crippen LogP contribution in [0.2, 0.25) is 0 Å². The Morgan fingerprint density at radius 3 is 1.73 bits per heavy atom. The van der Waals surface area contributed by atoms with Gasteiger partial charge in [0, 0.05) is 16.9 Å². The van der Waals surface area contributed by atoms with Gasteiger partial charge in [-0.1, -0.05) is 18.2 Å². The first kappa shape index (κ1) is 22.1. The molecule has 0 bridgehead atoms. The predicted octanol–water partition coefficient (Wildman–Crippen LogP) is 7.30. The molecule has 0 aliphatic heterocycles. The van der Waals surface area contributed by atoms with Crippen molar-refractivity contribution in [3.05, 3.63) is 95.1 Å². The van der Waals surface area contributed by atoms with Gasteiger partial charge in [0.05, 0.1) is 5.69 Å². The standard InChI is InChI=1S/C28H27NO4/c1-17-9-12-26(32)20(4)28(17)33-27-8-6-5-7-23(27)29(21-10-13-24(30)18(2)15-21)22-11-14-25(31)19(3)16-22/h5-16,30-32H,1-4H3. The zero-order valence-electron chi connectivity index (χ0n) is 19.1. The van der Waals surface area contributed by atoms with E-state index in [4.69, 9.17) is 4.74 Å².